The summed E-state index contributed by atoms with van der Waals surface area (Å²) in [6.45, 7) is -0.185. The van der Waals surface area contributed by atoms with E-state index in [1.165, 1.54) is 0 Å². The van der Waals surface area contributed by atoms with Crippen molar-refractivity contribution < 1.29 is 39.9 Å². The number of hydrogen-bond acceptors (Lipinski definition) is 4. The van der Waals surface area contributed by atoms with Crippen molar-refractivity contribution in [2.75, 3.05) is 18.4 Å². The highest BCUT2D eigenvalue weighted by Crippen LogP contribution is 2.29. The second kappa shape index (κ2) is 8.79. The van der Waals surface area contributed by atoms with Crippen LogP contribution in [-0.4, -0.2) is 38.1 Å². The highest BCUT2D eigenvalue weighted by Gasteiger charge is 2.34. The standard InChI is InChI=1S/C19H17F5N2O4S/c20-15-5-2-6-16(21)17(15)25-18(27)12-7-9-26(10-8-12)31(28,29)14-4-1-3-13(11-14)30-19(22,23)24/h1-6,11-12H,7-10H2,(H,25,27). The third-order valence-electron chi connectivity index (χ3n) is 4.71. The van der Waals surface area contributed by atoms with Gasteiger partial charge in [0.2, 0.25) is 15.9 Å². The molecule has 6 nitrogen and oxygen atoms in total. The van der Waals surface area contributed by atoms with Gasteiger partial charge in [-0.3, -0.25) is 4.79 Å². The minimum Gasteiger partial charge on any atom is -0.406 e. The van der Waals surface area contributed by atoms with Crippen molar-refractivity contribution in [1.29, 1.82) is 0 Å². The molecule has 0 aromatic heterocycles. The van der Waals surface area contributed by atoms with E-state index < -0.39 is 51.3 Å². The van der Waals surface area contributed by atoms with Crippen LogP contribution in [0.4, 0.5) is 27.6 Å². The molecule has 1 aliphatic heterocycles. The molecule has 1 aliphatic rings. The van der Waals surface area contributed by atoms with Crippen molar-refractivity contribution in [3.05, 3.63) is 54.1 Å². The Morgan fingerprint density at radius 3 is 2.19 bits per heavy atom. The van der Waals surface area contributed by atoms with Crippen LogP contribution in [0.25, 0.3) is 0 Å². The normalized spacial score (nSPS) is 16.2. The summed E-state index contributed by atoms with van der Waals surface area (Å²) in [7, 11) is -4.13. The molecule has 1 saturated heterocycles. The average molecular weight is 464 g/mol. The van der Waals surface area contributed by atoms with E-state index in [1.807, 2.05) is 0 Å². The minimum atomic E-state index is -4.97. The third kappa shape index (κ3) is 5.50. The summed E-state index contributed by atoms with van der Waals surface area (Å²) in [5.41, 5.74) is -0.580. The number of sulfonamides is 1. The van der Waals surface area contributed by atoms with Crippen LogP contribution in [0.3, 0.4) is 0 Å². The number of anilines is 1. The van der Waals surface area contributed by atoms with E-state index >= 15 is 0 Å². The summed E-state index contributed by atoms with van der Waals surface area (Å²) in [6, 6.07) is 7.14. The van der Waals surface area contributed by atoms with E-state index in [1.54, 1.807) is 0 Å². The van der Waals surface area contributed by atoms with Gasteiger partial charge < -0.3 is 10.1 Å². The first-order chi connectivity index (χ1) is 14.5. The molecule has 0 unspecified atom stereocenters. The fraction of sp³-hybridized carbons (Fsp3) is 0.316. The van der Waals surface area contributed by atoms with Crippen LogP contribution in [0.2, 0.25) is 0 Å². The maximum Gasteiger partial charge on any atom is 0.573 e. The lowest BCUT2D eigenvalue weighted by atomic mass is 9.97. The van der Waals surface area contributed by atoms with Gasteiger partial charge in [0, 0.05) is 25.1 Å². The lowest BCUT2D eigenvalue weighted by molar-refractivity contribution is -0.274. The zero-order chi connectivity index (χ0) is 22.8. The minimum absolute atomic E-state index is 0.0693. The van der Waals surface area contributed by atoms with Crippen LogP contribution in [0, 0.1) is 17.6 Å². The van der Waals surface area contributed by atoms with Gasteiger partial charge in [-0.05, 0) is 37.1 Å². The Kier molecular flexibility index (Phi) is 6.51. The van der Waals surface area contributed by atoms with Gasteiger partial charge in [0.25, 0.3) is 0 Å². The number of rotatable bonds is 5. The number of ether oxygens (including phenoxy) is 1. The van der Waals surface area contributed by atoms with Gasteiger partial charge in [0.05, 0.1) is 4.90 Å². The van der Waals surface area contributed by atoms with Gasteiger partial charge in [-0.2, -0.15) is 4.31 Å². The van der Waals surface area contributed by atoms with Crippen molar-refractivity contribution in [3.63, 3.8) is 0 Å². The van der Waals surface area contributed by atoms with Crippen molar-refractivity contribution in [2.45, 2.75) is 24.1 Å². The predicted molar refractivity (Wildman–Crippen MR) is 99.6 cm³/mol. The fourth-order valence-electron chi connectivity index (χ4n) is 3.18. The average Bonchev–Trinajstić information content (AvgIpc) is 2.70. The van der Waals surface area contributed by atoms with Crippen molar-refractivity contribution in [3.8, 4) is 5.75 Å². The van der Waals surface area contributed by atoms with Crippen LogP contribution >= 0.6 is 0 Å². The Morgan fingerprint density at radius 2 is 1.61 bits per heavy atom. The summed E-state index contributed by atoms with van der Waals surface area (Å²) in [5, 5.41) is 2.18. The van der Waals surface area contributed by atoms with Gasteiger partial charge in [-0.15, -0.1) is 13.2 Å². The van der Waals surface area contributed by atoms with Gasteiger partial charge in [-0.1, -0.05) is 12.1 Å². The second-order valence-electron chi connectivity index (χ2n) is 6.79. The van der Waals surface area contributed by atoms with E-state index in [4.69, 9.17) is 0 Å². The van der Waals surface area contributed by atoms with Gasteiger partial charge in [-0.25, -0.2) is 17.2 Å². The first-order valence-electron chi connectivity index (χ1n) is 9.08. The summed E-state index contributed by atoms with van der Waals surface area (Å²) in [4.78, 5) is 12.0. The Morgan fingerprint density at radius 1 is 1.03 bits per heavy atom. The van der Waals surface area contributed by atoms with Crippen LogP contribution in [0.15, 0.2) is 47.4 Å². The molecule has 0 aliphatic carbocycles. The van der Waals surface area contributed by atoms with Crippen LogP contribution in [-0.2, 0) is 14.8 Å². The highest BCUT2D eigenvalue weighted by molar-refractivity contribution is 7.89. The number of para-hydroxylation sites is 1. The molecular formula is C19H17F5N2O4S. The van der Waals surface area contributed by atoms with Crippen LogP contribution in [0.1, 0.15) is 12.8 Å². The summed E-state index contributed by atoms with van der Waals surface area (Å²) in [6.07, 6.45) is -4.83. The smallest absolute Gasteiger partial charge is 0.406 e. The van der Waals surface area contributed by atoms with Crippen molar-refractivity contribution >= 4 is 21.6 Å². The molecule has 1 heterocycles. The summed E-state index contributed by atoms with van der Waals surface area (Å²) < 4.78 is 94.8. The number of piperidine rings is 1. The molecule has 168 valence electrons. The molecule has 2 aromatic rings. The maximum absolute atomic E-state index is 13.7. The molecule has 0 spiro atoms. The van der Waals surface area contributed by atoms with E-state index in [0.29, 0.717) is 0 Å². The number of amides is 1. The Balaban J connectivity index is 1.66. The number of nitrogens with zero attached hydrogens (tertiary/aromatic N) is 1. The molecule has 1 fully saturated rings. The molecule has 0 radical (unpaired) electrons. The monoisotopic (exact) mass is 464 g/mol. The summed E-state index contributed by atoms with van der Waals surface area (Å²) >= 11 is 0. The number of nitrogens with one attached hydrogen (secondary N) is 1. The topological polar surface area (TPSA) is 75.7 Å². The van der Waals surface area contributed by atoms with E-state index in [2.05, 4.69) is 10.1 Å². The highest BCUT2D eigenvalue weighted by atomic mass is 32.2. The number of hydrogen-bond donors (Lipinski definition) is 1. The Hall–Kier alpha value is -2.73. The number of alkyl halides is 3. The largest absolute Gasteiger partial charge is 0.573 e. The first-order valence-corrected chi connectivity index (χ1v) is 10.5. The van der Waals surface area contributed by atoms with Gasteiger partial charge >= 0.3 is 6.36 Å². The molecule has 0 atom stereocenters. The molecule has 1 N–H and O–H groups in total. The first kappa shape index (κ1) is 22.9. The summed E-state index contributed by atoms with van der Waals surface area (Å²) in [5.74, 6) is -3.88. The van der Waals surface area contributed by atoms with Crippen LogP contribution < -0.4 is 10.1 Å². The third-order valence-corrected chi connectivity index (χ3v) is 6.61. The zero-order valence-corrected chi connectivity index (χ0v) is 16.6. The molecule has 12 heteroatoms. The second-order valence-corrected chi connectivity index (χ2v) is 8.72. The maximum atomic E-state index is 13.7. The number of carbonyl (C=O) groups excluding carboxylic acids is 1. The molecule has 0 bridgehead atoms. The SMILES string of the molecule is O=C(Nc1c(F)cccc1F)C1CCN(S(=O)(=O)c2cccc(OC(F)(F)F)c2)CC1. The Labute approximate surface area is 174 Å². The lowest BCUT2D eigenvalue weighted by Crippen LogP contribution is -2.41. The van der Waals surface area contributed by atoms with Crippen LogP contribution in [0.5, 0.6) is 5.75 Å². The quantitative estimate of drug-likeness (QED) is 0.681. The van der Waals surface area contributed by atoms with Crippen molar-refractivity contribution in [1.82, 2.24) is 4.31 Å². The Bertz CT molecular complexity index is 1050. The number of carbonyl (C=O) groups is 1. The van der Waals surface area contributed by atoms with Crippen molar-refractivity contribution in [2.24, 2.45) is 5.92 Å². The zero-order valence-electron chi connectivity index (χ0n) is 15.8. The molecular weight excluding hydrogens is 447 g/mol. The molecule has 1 amide bonds. The molecule has 31 heavy (non-hydrogen) atoms. The number of halogens is 5. The van der Waals surface area contributed by atoms with E-state index in [9.17, 15) is 35.2 Å². The van der Waals surface area contributed by atoms with Gasteiger partial charge in [0.15, 0.2) is 0 Å². The van der Waals surface area contributed by atoms with Gasteiger partial charge in [0.1, 0.15) is 23.1 Å². The molecule has 3 rings (SSSR count). The molecule has 0 saturated carbocycles. The van der Waals surface area contributed by atoms with E-state index in [-0.39, 0.29) is 30.8 Å². The fourth-order valence-corrected chi connectivity index (χ4v) is 4.69. The van der Waals surface area contributed by atoms with E-state index in [0.717, 1.165) is 46.8 Å². The number of benzene rings is 2. The predicted octanol–water partition coefficient (Wildman–Crippen LogP) is 3.90. The molecule has 2 aromatic carbocycles. The lowest BCUT2D eigenvalue weighted by Gasteiger charge is -2.30.